The number of aromatic nitrogens is 1. The maximum absolute atomic E-state index is 12.3. The first-order chi connectivity index (χ1) is 9.72. The van der Waals surface area contributed by atoms with Crippen LogP contribution < -0.4 is 10.6 Å². The van der Waals surface area contributed by atoms with Gasteiger partial charge in [-0.2, -0.15) is 0 Å². The number of carbonyl (C=O) groups excluding carboxylic acids is 1. The molecular formula is C16H17N3O. The van der Waals surface area contributed by atoms with Crippen LogP contribution in [-0.2, 0) is 17.8 Å². The van der Waals surface area contributed by atoms with Crippen LogP contribution in [0.1, 0.15) is 16.7 Å². The van der Waals surface area contributed by atoms with E-state index in [1.165, 1.54) is 11.1 Å². The summed E-state index contributed by atoms with van der Waals surface area (Å²) in [5.74, 6) is 0.577. The topological polar surface area (TPSA) is 54.0 Å². The molecular weight excluding hydrogens is 250 g/mol. The molecule has 0 saturated carbocycles. The van der Waals surface area contributed by atoms with Gasteiger partial charge in [-0.25, -0.2) is 4.98 Å². The summed E-state index contributed by atoms with van der Waals surface area (Å²) in [7, 11) is 0. The summed E-state index contributed by atoms with van der Waals surface area (Å²) in [5, 5.41) is 6.14. The highest BCUT2D eigenvalue weighted by Crippen LogP contribution is 2.17. The Morgan fingerprint density at radius 2 is 2.10 bits per heavy atom. The van der Waals surface area contributed by atoms with Crippen molar-refractivity contribution in [1.82, 2.24) is 10.3 Å². The largest absolute Gasteiger partial charge is 0.309 e. The van der Waals surface area contributed by atoms with E-state index in [9.17, 15) is 4.79 Å². The van der Waals surface area contributed by atoms with Crippen molar-refractivity contribution in [2.24, 2.45) is 0 Å². The van der Waals surface area contributed by atoms with Crippen LogP contribution in [0.5, 0.6) is 0 Å². The number of benzene rings is 1. The van der Waals surface area contributed by atoms with Crippen LogP contribution in [0.4, 0.5) is 5.82 Å². The first-order valence-electron chi connectivity index (χ1n) is 6.76. The first kappa shape index (κ1) is 12.8. The number of pyridine rings is 1. The summed E-state index contributed by atoms with van der Waals surface area (Å²) >= 11 is 0. The number of nitrogens with zero attached hydrogens (tertiary/aromatic N) is 1. The summed E-state index contributed by atoms with van der Waals surface area (Å²) in [6.07, 6.45) is 2.42. The van der Waals surface area contributed by atoms with Crippen molar-refractivity contribution in [2.75, 3.05) is 5.32 Å². The van der Waals surface area contributed by atoms with Gasteiger partial charge in [0.25, 0.3) is 0 Å². The van der Waals surface area contributed by atoms with Crippen LogP contribution in [0.15, 0.2) is 42.6 Å². The van der Waals surface area contributed by atoms with Crippen molar-refractivity contribution in [3.05, 3.63) is 59.3 Å². The Labute approximate surface area is 118 Å². The minimum Gasteiger partial charge on any atom is -0.309 e. The summed E-state index contributed by atoms with van der Waals surface area (Å²) in [5.41, 5.74) is 3.59. The predicted octanol–water partition coefficient (Wildman–Crippen LogP) is 2.04. The number of rotatable bonds is 2. The Hall–Kier alpha value is -2.20. The Bertz CT molecular complexity index is 639. The summed E-state index contributed by atoms with van der Waals surface area (Å²) < 4.78 is 0. The van der Waals surface area contributed by atoms with Crippen LogP contribution in [-0.4, -0.2) is 16.9 Å². The molecule has 0 spiro atoms. The van der Waals surface area contributed by atoms with Crippen molar-refractivity contribution in [2.45, 2.75) is 25.9 Å². The fraction of sp³-hybridized carbons (Fsp3) is 0.250. The lowest BCUT2D eigenvalue weighted by Crippen LogP contribution is -2.44. The lowest BCUT2D eigenvalue weighted by molar-refractivity contribution is -0.118. The quantitative estimate of drug-likeness (QED) is 0.875. The number of nitrogens with one attached hydrogen (secondary N) is 2. The second kappa shape index (κ2) is 5.43. The van der Waals surface area contributed by atoms with Crippen molar-refractivity contribution in [3.8, 4) is 0 Å². The molecule has 4 heteroatoms. The predicted molar refractivity (Wildman–Crippen MR) is 78.4 cm³/mol. The summed E-state index contributed by atoms with van der Waals surface area (Å²) in [6, 6.07) is 11.8. The Morgan fingerprint density at radius 1 is 1.30 bits per heavy atom. The smallest absolute Gasteiger partial charge is 0.243 e. The number of anilines is 1. The Kier molecular flexibility index (Phi) is 3.48. The van der Waals surface area contributed by atoms with Gasteiger partial charge in [-0.3, -0.25) is 4.79 Å². The van der Waals surface area contributed by atoms with Gasteiger partial charge in [-0.15, -0.1) is 0 Å². The molecule has 2 aromatic rings. The third-order valence-corrected chi connectivity index (χ3v) is 3.56. The average molecular weight is 267 g/mol. The molecule has 4 nitrogen and oxygen atoms in total. The molecule has 1 aliphatic rings. The highest BCUT2D eigenvalue weighted by molar-refractivity contribution is 5.94. The van der Waals surface area contributed by atoms with Gasteiger partial charge in [-0.05, 0) is 42.2 Å². The number of hydrogen-bond acceptors (Lipinski definition) is 3. The summed E-state index contributed by atoms with van der Waals surface area (Å²) in [4.78, 5) is 16.4. The van der Waals surface area contributed by atoms with E-state index in [1.807, 2.05) is 31.2 Å². The van der Waals surface area contributed by atoms with E-state index in [2.05, 4.69) is 27.8 Å². The standard InChI is InChI=1S/C16H17N3O/c1-11-6-7-17-15(8-11)19-16(20)14-9-12-4-2-3-5-13(12)10-18-14/h2-8,14,18H,9-10H2,1H3,(H,17,19,20)/t14-/m1/s1. The molecule has 2 N–H and O–H groups in total. The van der Waals surface area contributed by atoms with E-state index >= 15 is 0 Å². The number of hydrogen-bond donors (Lipinski definition) is 2. The molecule has 1 aromatic heterocycles. The minimum atomic E-state index is -0.202. The van der Waals surface area contributed by atoms with Crippen molar-refractivity contribution < 1.29 is 4.79 Å². The van der Waals surface area contributed by atoms with E-state index in [0.29, 0.717) is 12.2 Å². The minimum absolute atomic E-state index is 0.0300. The summed E-state index contributed by atoms with van der Waals surface area (Å²) in [6.45, 7) is 2.71. The molecule has 1 aromatic carbocycles. The first-order valence-corrected chi connectivity index (χ1v) is 6.76. The molecule has 102 valence electrons. The lowest BCUT2D eigenvalue weighted by atomic mass is 9.95. The Morgan fingerprint density at radius 3 is 2.90 bits per heavy atom. The van der Waals surface area contributed by atoms with Crippen molar-refractivity contribution in [3.63, 3.8) is 0 Å². The van der Waals surface area contributed by atoms with E-state index in [0.717, 1.165) is 12.1 Å². The fourth-order valence-electron chi connectivity index (χ4n) is 2.46. The van der Waals surface area contributed by atoms with Crippen LogP contribution in [0.3, 0.4) is 0 Å². The number of carbonyl (C=O) groups is 1. The van der Waals surface area contributed by atoms with E-state index in [4.69, 9.17) is 0 Å². The van der Waals surface area contributed by atoms with Gasteiger partial charge in [0.15, 0.2) is 0 Å². The molecule has 0 bridgehead atoms. The molecule has 0 fully saturated rings. The number of aryl methyl sites for hydroxylation is 1. The highest BCUT2D eigenvalue weighted by Gasteiger charge is 2.23. The van der Waals surface area contributed by atoms with E-state index in [-0.39, 0.29) is 11.9 Å². The molecule has 20 heavy (non-hydrogen) atoms. The number of amides is 1. The Balaban J connectivity index is 1.70. The van der Waals surface area contributed by atoms with Crippen molar-refractivity contribution >= 4 is 11.7 Å². The molecule has 1 amide bonds. The number of fused-ring (bicyclic) bond motifs is 1. The van der Waals surface area contributed by atoms with Crippen LogP contribution in [0, 0.1) is 6.92 Å². The normalized spacial score (nSPS) is 17.4. The van der Waals surface area contributed by atoms with Gasteiger partial charge >= 0.3 is 0 Å². The molecule has 0 aliphatic carbocycles. The third-order valence-electron chi connectivity index (χ3n) is 3.56. The third kappa shape index (κ3) is 2.70. The van der Waals surface area contributed by atoms with Crippen LogP contribution >= 0.6 is 0 Å². The molecule has 1 atom stereocenters. The van der Waals surface area contributed by atoms with Gasteiger partial charge in [0.05, 0.1) is 6.04 Å². The molecule has 2 heterocycles. The van der Waals surface area contributed by atoms with Gasteiger partial charge in [0, 0.05) is 12.7 Å². The maximum atomic E-state index is 12.3. The second-order valence-corrected chi connectivity index (χ2v) is 5.11. The molecule has 1 aliphatic heterocycles. The van der Waals surface area contributed by atoms with Crippen LogP contribution in [0.25, 0.3) is 0 Å². The monoisotopic (exact) mass is 267 g/mol. The van der Waals surface area contributed by atoms with E-state index < -0.39 is 0 Å². The van der Waals surface area contributed by atoms with Crippen molar-refractivity contribution in [1.29, 1.82) is 0 Å². The molecule has 3 rings (SSSR count). The van der Waals surface area contributed by atoms with Gasteiger partial charge in [-0.1, -0.05) is 24.3 Å². The average Bonchev–Trinajstić information content (AvgIpc) is 2.47. The fourth-order valence-corrected chi connectivity index (χ4v) is 2.46. The molecule has 0 radical (unpaired) electrons. The lowest BCUT2D eigenvalue weighted by Gasteiger charge is -2.25. The zero-order chi connectivity index (χ0) is 13.9. The zero-order valence-corrected chi connectivity index (χ0v) is 11.4. The molecule has 0 unspecified atom stereocenters. The molecule has 0 saturated heterocycles. The van der Waals surface area contributed by atoms with E-state index in [1.54, 1.807) is 6.20 Å². The van der Waals surface area contributed by atoms with Gasteiger partial charge < -0.3 is 10.6 Å². The maximum Gasteiger partial charge on any atom is 0.243 e. The zero-order valence-electron chi connectivity index (χ0n) is 11.4. The highest BCUT2D eigenvalue weighted by atomic mass is 16.2. The SMILES string of the molecule is Cc1ccnc(NC(=O)[C@H]2Cc3ccccc3CN2)c1. The van der Waals surface area contributed by atoms with Gasteiger partial charge in [0.2, 0.25) is 5.91 Å². The second-order valence-electron chi connectivity index (χ2n) is 5.11. The van der Waals surface area contributed by atoms with Crippen LogP contribution in [0.2, 0.25) is 0 Å². The van der Waals surface area contributed by atoms with Gasteiger partial charge in [0.1, 0.15) is 5.82 Å².